The standard InChI is InChI=1S/C19H26N4O4/c1-3-23(16-11-27-12-17(16)24)18(25)13-4-5-15-14(10-13)20-19(21(15)2)22-6-8-26-9-7-22/h4-5,10,16-17,24H,3,6-9,11-12H2,1-2H3/t16-,17-/m1/s1. The van der Waals surface area contributed by atoms with Gasteiger partial charge in [-0.05, 0) is 25.1 Å². The Hall–Kier alpha value is -2.16. The molecule has 27 heavy (non-hydrogen) atoms. The molecule has 2 aliphatic rings. The van der Waals surface area contributed by atoms with Crippen LogP contribution in [0.5, 0.6) is 0 Å². The second-order valence-electron chi connectivity index (χ2n) is 7.04. The van der Waals surface area contributed by atoms with Crippen LogP contribution in [-0.2, 0) is 16.5 Å². The largest absolute Gasteiger partial charge is 0.388 e. The number of amides is 1. The first-order valence-electron chi connectivity index (χ1n) is 9.46. The molecule has 0 aliphatic carbocycles. The molecule has 2 aliphatic heterocycles. The molecule has 0 spiro atoms. The van der Waals surface area contributed by atoms with Crippen molar-refractivity contribution in [3.8, 4) is 0 Å². The molecule has 0 bridgehead atoms. The van der Waals surface area contributed by atoms with Gasteiger partial charge in [0.1, 0.15) is 0 Å². The summed E-state index contributed by atoms with van der Waals surface area (Å²) in [4.78, 5) is 21.7. The summed E-state index contributed by atoms with van der Waals surface area (Å²) in [5.74, 6) is 0.789. The number of morpholine rings is 1. The zero-order chi connectivity index (χ0) is 19.0. The molecule has 2 atom stereocenters. The van der Waals surface area contributed by atoms with Crippen molar-refractivity contribution in [2.45, 2.75) is 19.1 Å². The quantitative estimate of drug-likeness (QED) is 0.846. The van der Waals surface area contributed by atoms with Gasteiger partial charge < -0.3 is 28.9 Å². The van der Waals surface area contributed by atoms with E-state index in [1.807, 2.05) is 32.2 Å². The van der Waals surface area contributed by atoms with Crippen LogP contribution >= 0.6 is 0 Å². The van der Waals surface area contributed by atoms with Gasteiger partial charge in [-0.25, -0.2) is 4.98 Å². The number of carbonyl (C=O) groups is 1. The molecule has 1 aromatic carbocycles. The van der Waals surface area contributed by atoms with Gasteiger partial charge in [-0.15, -0.1) is 0 Å². The maximum atomic E-state index is 13.0. The maximum absolute atomic E-state index is 13.0. The van der Waals surface area contributed by atoms with Crippen molar-refractivity contribution in [3.63, 3.8) is 0 Å². The number of ether oxygens (including phenoxy) is 2. The van der Waals surface area contributed by atoms with E-state index in [-0.39, 0.29) is 18.6 Å². The SMILES string of the molecule is CCN(C(=O)c1ccc2c(c1)nc(N1CCOCC1)n2C)[C@@H]1COC[C@H]1O. The van der Waals surface area contributed by atoms with E-state index < -0.39 is 6.10 Å². The third-order valence-electron chi connectivity index (χ3n) is 5.42. The molecule has 8 nitrogen and oxygen atoms in total. The minimum Gasteiger partial charge on any atom is -0.388 e. The lowest BCUT2D eigenvalue weighted by Crippen LogP contribution is -2.46. The molecule has 4 rings (SSSR count). The van der Waals surface area contributed by atoms with Crippen molar-refractivity contribution in [2.75, 3.05) is 51.0 Å². The molecule has 0 unspecified atom stereocenters. The molecule has 3 heterocycles. The van der Waals surface area contributed by atoms with Crippen LogP contribution in [0.3, 0.4) is 0 Å². The molecular formula is C19H26N4O4. The lowest BCUT2D eigenvalue weighted by molar-refractivity contribution is 0.0521. The second-order valence-corrected chi connectivity index (χ2v) is 7.04. The summed E-state index contributed by atoms with van der Waals surface area (Å²) in [6, 6.07) is 5.31. The predicted octanol–water partition coefficient (Wildman–Crippen LogP) is 0.632. The number of aliphatic hydroxyl groups is 1. The van der Waals surface area contributed by atoms with Crippen molar-refractivity contribution in [3.05, 3.63) is 23.8 Å². The Morgan fingerprint density at radius 1 is 1.30 bits per heavy atom. The van der Waals surface area contributed by atoms with Gasteiger partial charge in [-0.2, -0.15) is 0 Å². The number of imidazole rings is 1. The van der Waals surface area contributed by atoms with Gasteiger partial charge in [0.05, 0.1) is 49.6 Å². The van der Waals surface area contributed by atoms with E-state index in [2.05, 4.69) is 9.47 Å². The Labute approximate surface area is 158 Å². The van der Waals surface area contributed by atoms with Crippen LogP contribution in [0, 0.1) is 0 Å². The number of hydrogen-bond donors (Lipinski definition) is 1. The minimum atomic E-state index is -0.639. The summed E-state index contributed by atoms with van der Waals surface area (Å²) < 4.78 is 12.8. The van der Waals surface area contributed by atoms with E-state index in [1.54, 1.807) is 4.90 Å². The first-order chi connectivity index (χ1) is 13.1. The first-order valence-corrected chi connectivity index (χ1v) is 9.46. The highest BCUT2D eigenvalue weighted by Gasteiger charge is 2.34. The average Bonchev–Trinajstić information content (AvgIpc) is 3.26. The average molecular weight is 374 g/mol. The van der Waals surface area contributed by atoms with Gasteiger partial charge in [-0.1, -0.05) is 0 Å². The zero-order valence-electron chi connectivity index (χ0n) is 15.8. The Balaban J connectivity index is 1.63. The molecule has 2 saturated heterocycles. The summed E-state index contributed by atoms with van der Waals surface area (Å²) in [7, 11) is 1.99. The lowest BCUT2D eigenvalue weighted by atomic mass is 10.1. The number of hydrogen-bond acceptors (Lipinski definition) is 6. The molecule has 8 heteroatoms. The molecule has 0 saturated carbocycles. The van der Waals surface area contributed by atoms with E-state index in [4.69, 9.17) is 14.5 Å². The number of aliphatic hydroxyl groups excluding tert-OH is 1. The summed E-state index contributed by atoms with van der Waals surface area (Å²) in [5.41, 5.74) is 2.36. The van der Waals surface area contributed by atoms with Crippen LogP contribution in [0.2, 0.25) is 0 Å². The molecule has 1 N–H and O–H groups in total. The first kappa shape index (κ1) is 18.2. The highest BCUT2D eigenvalue weighted by molar-refractivity contribution is 5.98. The number of carbonyl (C=O) groups excluding carboxylic acids is 1. The van der Waals surface area contributed by atoms with E-state index in [0.29, 0.717) is 31.9 Å². The predicted molar refractivity (Wildman–Crippen MR) is 101 cm³/mol. The Bertz CT molecular complexity index is 830. The van der Waals surface area contributed by atoms with Crippen LogP contribution in [0.1, 0.15) is 17.3 Å². The van der Waals surface area contributed by atoms with Gasteiger partial charge in [0.25, 0.3) is 5.91 Å². The molecule has 2 fully saturated rings. The zero-order valence-corrected chi connectivity index (χ0v) is 15.8. The monoisotopic (exact) mass is 374 g/mol. The molecule has 1 aromatic heterocycles. The van der Waals surface area contributed by atoms with Crippen LogP contribution in [0.15, 0.2) is 18.2 Å². The number of rotatable bonds is 4. The van der Waals surface area contributed by atoms with Crippen molar-refractivity contribution in [2.24, 2.45) is 7.05 Å². The van der Waals surface area contributed by atoms with Crippen molar-refractivity contribution >= 4 is 22.9 Å². The topological polar surface area (TPSA) is 80.1 Å². The van der Waals surface area contributed by atoms with Crippen LogP contribution in [0.4, 0.5) is 5.95 Å². The Morgan fingerprint density at radius 2 is 2.07 bits per heavy atom. The number of likely N-dealkylation sites (N-methyl/N-ethyl adjacent to an activating group) is 1. The summed E-state index contributed by atoms with van der Waals surface area (Å²) >= 11 is 0. The minimum absolute atomic E-state index is 0.104. The molecular weight excluding hydrogens is 348 g/mol. The number of nitrogens with zero attached hydrogens (tertiary/aromatic N) is 4. The van der Waals surface area contributed by atoms with Crippen LogP contribution < -0.4 is 4.90 Å². The second kappa shape index (κ2) is 7.46. The molecule has 1 amide bonds. The normalized spacial score (nSPS) is 23.1. The molecule has 2 aromatic rings. The van der Waals surface area contributed by atoms with Crippen LogP contribution in [0.25, 0.3) is 11.0 Å². The van der Waals surface area contributed by atoms with Gasteiger partial charge in [0.2, 0.25) is 5.95 Å². The summed E-state index contributed by atoms with van der Waals surface area (Å²) in [6.07, 6.45) is -0.639. The van der Waals surface area contributed by atoms with Gasteiger partial charge in [0.15, 0.2) is 0 Å². The number of benzene rings is 1. The van der Waals surface area contributed by atoms with Gasteiger partial charge in [0, 0.05) is 32.2 Å². The third kappa shape index (κ3) is 3.28. The van der Waals surface area contributed by atoms with E-state index in [9.17, 15) is 9.90 Å². The third-order valence-corrected chi connectivity index (χ3v) is 5.42. The fourth-order valence-corrected chi connectivity index (χ4v) is 3.89. The number of aryl methyl sites for hydroxylation is 1. The van der Waals surface area contributed by atoms with Crippen molar-refractivity contribution in [1.82, 2.24) is 14.5 Å². The lowest BCUT2D eigenvalue weighted by Gasteiger charge is -2.28. The van der Waals surface area contributed by atoms with E-state index in [1.165, 1.54) is 0 Å². The summed E-state index contributed by atoms with van der Waals surface area (Å²) in [5, 5.41) is 10.1. The number of anilines is 1. The van der Waals surface area contributed by atoms with Crippen LogP contribution in [-0.4, -0.2) is 83.7 Å². The van der Waals surface area contributed by atoms with Gasteiger partial charge >= 0.3 is 0 Å². The van der Waals surface area contributed by atoms with Crippen molar-refractivity contribution in [1.29, 1.82) is 0 Å². The Morgan fingerprint density at radius 3 is 2.74 bits per heavy atom. The molecule has 0 radical (unpaired) electrons. The highest BCUT2D eigenvalue weighted by Crippen LogP contribution is 2.24. The smallest absolute Gasteiger partial charge is 0.254 e. The highest BCUT2D eigenvalue weighted by atomic mass is 16.5. The maximum Gasteiger partial charge on any atom is 0.254 e. The fraction of sp³-hybridized carbons (Fsp3) is 0.579. The van der Waals surface area contributed by atoms with Gasteiger partial charge in [-0.3, -0.25) is 4.79 Å². The number of fused-ring (bicyclic) bond motifs is 1. The fourth-order valence-electron chi connectivity index (χ4n) is 3.89. The number of aromatic nitrogens is 2. The Kier molecular flexibility index (Phi) is 5.03. The summed E-state index contributed by atoms with van der Waals surface area (Å²) in [6.45, 7) is 6.10. The van der Waals surface area contributed by atoms with E-state index >= 15 is 0 Å². The van der Waals surface area contributed by atoms with E-state index in [0.717, 1.165) is 30.1 Å². The molecule has 146 valence electrons. The van der Waals surface area contributed by atoms with Crippen molar-refractivity contribution < 1.29 is 19.4 Å².